The zero-order valence-corrected chi connectivity index (χ0v) is 11.3. The van der Waals surface area contributed by atoms with E-state index >= 15 is 0 Å². The third-order valence-electron chi connectivity index (χ3n) is 4.50. The number of carbonyl (C=O) groups is 1. The van der Waals surface area contributed by atoms with Crippen LogP contribution in [0.1, 0.15) is 58.8 Å². The first-order chi connectivity index (χ1) is 8.15. The number of rotatable bonds is 8. The van der Waals surface area contributed by atoms with Gasteiger partial charge in [0.05, 0.1) is 6.61 Å². The Balaban J connectivity index is 2.20. The van der Waals surface area contributed by atoms with Gasteiger partial charge < -0.3 is 10.4 Å². The van der Waals surface area contributed by atoms with E-state index in [1.165, 1.54) is 19.3 Å². The van der Waals surface area contributed by atoms with E-state index in [1.807, 2.05) is 0 Å². The van der Waals surface area contributed by atoms with E-state index in [4.69, 9.17) is 0 Å². The summed E-state index contributed by atoms with van der Waals surface area (Å²) in [6, 6.07) is 0. The molecule has 1 fully saturated rings. The van der Waals surface area contributed by atoms with Crippen LogP contribution in [-0.4, -0.2) is 24.2 Å². The molecule has 0 saturated heterocycles. The van der Waals surface area contributed by atoms with Crippen molar-refractivity contribution in [2.45, 2.75) is 58.8 Å². The second kappa shape index (κ2) is 7.00. The molecule has 0 bridgehead atoms. The van der Waals surface area contributed by atoms with Gasteiger partial charge in [-0.1, -0.05) is 33.1 Å². The molecule has 0 aromatic heterocycles. The van der Waals surface area contributed by atoms with Gasteiger partial charge in [0, 0.05) is 18.4 Å². The van der Waals surface area contributed by atoms with E-state index in [-0.39, 0.29) is 17.9 Å². The van der Waals surface area contributed by atoms with Crippen LogP contribution in [0.15, 0.2) is 0 Å². The third-order valence-corrected chi connectivity index (χ3v) is 4.50. The summed E-state index contributed by atoms with van der Waals surface area (Å²) in [6.07, 6.45) is 7.45. The highest BCUT2D eigenvalue weighted by Gasteiger charge is 2.26. The second-order valence-corrected chi connectivity index (χ2v) is 5.48. The number of nitrogens with one attached hydrogen (secondary N) is 1. The summed E-state index contributed by atoms with van der Waals surface area (Å²) in [4.78, 5) is 11.7. The van der Waals surface area contributed by atoms with Crippen LogP contribution in [0.25, 0.3) is 0 Å². The maximum absolute atomic E-state index is 11.7. The first-order valence-electron chi connectivity index (χ1n) is 7.03. The van der Waals surface area contributed by atoms with Gasteiger partial charge >= 0.3 is 0 Å². The van der Waals surface area contributed by atoms with Crippen molar-refractivity contribution in [3.05, 3.63) is 0 Å². The van der Waals surface area contributed by atoms with Crippen molar-refractivity contribution in [3.63, 3.8) is 0 Å². The van der Waals surface area contributed by atoms with Gasteiger partial charge in [0.15, 0.2) is 0 Å². The van der Waals surface area contributed by atoms with Crippen molar-refractivity contribution in [2.75, 3.05) is 13.2 Å². The topological polar surface area (TPSA) is 49.3 Å². The average Bonchev–Trinajstić information content (AvgIpc) is 2.30. The van der Waals surface area contributed by atoms with E-state index < -0.39 is 0 Å². The molecule has 1 aliphatic rings. The summed E-state index contributed by atoms with van der Waals surface area (Å²) < 4.78 is 0. The Morgan fingerprint density at radius 3 is 2.41 bits per heavy atom. The highest BCUT2D eigenvalue weighted by Crippen LogP contribution is 2.30. The molecule has 0 radical (unpaired) electrons. The molecule has 1 saturated carbocycles. The Kier molecular flexibility index (Phi) is 5.96. The lowest BCUT2D eigenvalue weighted by Gasteiger charge is -2.30. The third kappa shape index (κ3) is 4.30. The molecule has 2 N–H and O–H groups in total. The number of aliphatic hydroxyl groups excluding tert-OH is 1. The maximum Gasteiger partial charge on any atom is 0.220 e. The highest BCUT2D eigenvalue weighted by molar-refractivity contribution is 5.75. The number of amides is 1. The molecule has 3 nitrogen and oxygen atoms in total. The van der Waals surface area contributed by atoms with Crippen LogP contribution < -0.4 is 5.32 Å². The standard InChI is InChI=1S/C14H27NO2/c1-3-14(4-2,11-16)10-15-13(17)9-8-12-6-5-7-12/h12,16H,3-11H2,1-2H3,(H,15,17). The maximum atomic E-state index is 11.7. The number of hydrogen-bond acceptors (Lipinski definition) is 2. The fourth-order valence-corrected chi connectivity index (χ4v) is 2.27. The van der Waals surface area contributed by atoms with E-state index in [9.17, 15) is 9.90 Å². The van der Waals surface area contributed by atoms with Crippen molar-refractivity contribution in [3.8, 4) is 0 Å². The molecule has 0 unspecified atom stereocenters. The minimum absolute atomic E-state index is 0.119. The minimum atomic E-state index is -0.119. The van der Waals surface area contributed by atoms with Gasteiger partial charge in [-0.2, -0.15) is 0 Å². The Morgan fingerprint density at radius 2 is 2.00 bits per heavy atom. The summed E-state index contributed by atoms with van der Waals surface area (Å²) >= 11 is 0. The van der Waals surface area contributed by atoms with Crippen LogP contribution in [0.2, 0.25) is 0 Å². The summed E-state index contributed by atoms with van der Waals surface area (Å²) in [7, 11) is 0. The van der Waals surface area contributed by atoms with Gasteiger partial charge in [-0.15, -0.1) is 0 Å². The van der Waals surface area contributed by atoms with Gasteiger partial charge in [0.2, 0.25) is 5.91 Å². The molecule has 0 aromatic rings. The van der Waals surface area contributed by atoms with Crippen molar-refractivity contribution in [1.82, 2.24) is 5.32 Å². The fraction of sp³-hybridized carbons (Fsp3) is 0.929. The molecule has 0 spiro atoms. The predicted molar refractivity (Wildman–Crippen MR) is 69.7 cm³/mol. The molecule has 100 valence electrons. The van der Waals surface area contributed by atoms with E-state index in [2.05, 4.69) is 19.2 Å². The molecule has 0 aromatic carbocycles. The van der Waals surface area contributed by atoms with Crippen molar-refractivity contribution >= 4 is 5.91 Å². The van der Waals surface area contributed by atoms with E-state index in [0.29, 0.717) is 13.0 Å². The molecule has 3 heteroatoms. The molecule has 0 atom stereocenters. The Labute approximate surface area is 105 Å². The largest absolute Gasteiger partial charge is 0.396 e. The van der Waals surface area contributed by atoms with Crippen LogP contribution in [0.4, 0.5) is 0 Å². The SMILES string of the molecule is CCC(CC)(CO)CNC(=O)CCC1CCC1. The smallest absolute Gasteiger partial charge is 0.220 e. The molecular formula is C14H27NO2. The van der Waals surface area contributed by atoms with E-state index in [0.717, 1.165) is 25.2 Å². The average molecular weight is 241 g/mol. The van der Waals surface area contributed by atoms with E-state index in [1.54, 1.807) is 0 Å². The van der Waals surface area contributed by atoms with Gasteiger partial charge in [0.25, 0.3) is 0 Å². The minimum Gasteiger partial charge on any atom is -0.396 e. The van der Waals surface area contributed by atoms with Gasteiger partial charge in [-0.25, -0.2) is 0 Å². The van der Waals surface area contributed by atoms with Crippen molar-refractivity contribution in [2.24, 2.45) is 11.3 Å². The lowest BCUT2D eigenvalue weighted by molar-refractivity contribution is -0.122. The lowest BCUT2D eigenvalue weighted by Crippen LogP contribution is -2.39. The van der Waals surface area contributed by atoms with Gasteiger partial charge in [-0.3, -0.25) is 4.79 Å². The zero-order chi connectivity index (χ0) is 12.7. The second-order valence-electron chi connectivity index (χ2n) is 5.48. The highest BCUT2D eigenvalue weighted by atomic mass is 16.3. The molecule has 0 heterocycles. The van der Waals surface area contributed by atoms with Gasteiger partial charge in [-0.05, 0) is 25.2 Å². The monoisotopic (exact) mass is 241 g/mol. The van der Waals surface area contributed by atoms with Crippen LogP contribution in [0.5, 0.6) is 0 Å². The lowest BCUT2D eigenvalue weighted by atomic mass is 9.81. The van der Waals surface area contributed by atoms with Crippen LogP contribution in [0, 0.1) is 11.3 Å². The van der Waals surface area contributed by atoms with Crippen LogP contribution >= 0.6 is 0 Å². The van der Waals surface area contributed by atoms with Crippen molar-refractivity contribution < 1.29 is 9.90 Å². The quantitative estimate of drug-likeness (QED) is 0.686. The first kappa shape index (κ1) is 14.5. The number of aliphatic hydroxyl groups is 1. The van der Waals surface area contributed by atoms with Crippen molar-refractivity contribution in [1.29, 1.82) is 0 Å². The Morgan fingerprint density at radius 1 is 1.35 bits per heavy atom. The Bertz CT molecular complexity index is 224. The fourth-order valence-electron chi connectivity index (χ4n) is 2.27. The first-order valence-corrected chi connectivity index (χ1v) is 7.03. The summed E-state index contributed by atoms with van der Waals surface area (Å²) in [5.41, 5.74) is -0.119. The van der Waals surface area contributed by atoms with Crippen LogP contribution in [0.3, 0.4) is 0 Å². The number of carbonyl (C=O) groups excluding carboxylic acids is 1. The molecular weight excluding hydrogens is 214 g/mol. The summed E-state index contributed by atoms with van der Waals surface area (Å²) in [5, 5.41) is 12.4. The predicted octanol–water partition coefficient (Wildman–Crippen LogP) is 2.48. The zero-order valence-electron chi connectivity index (χ0n) is 11.3. The number of hydrogen-bond donors (Lipinski definition) is 2. The van der Waals surface area contributed by atoms with Crippen LogP contribution in [-0.2, 0) is 4.79 Å². The Hall–Kier alpha value is -0.570. The molecule has 0 aliphatic heterocycles. The molecule has 17 heavy (non-hydrogen) atoms. The summed E-state index contributed by atoms with van der Waals surface area (Å²) in [6.45, 7) is 4.91. The molecule has 1 aliphatic carbocycles. The van der Waals surface area contributed by atoms with Gasteiger partial charge in [0.1, 0.15) is 0 Å². The molecule has 1 rings (SSSR count). The summed E-state index contributed by atoms with van der Waals surface area (Å²) in [5.74, 6) is 0.942. The normalized spacial score (nSPS) is 16.6. The molecule has 1 amide bonds.